The molecule has 1 unspecified atom stereocenters. The van der Waals surface area contributed by atoms with Gasteiger partial charge in [0.15, 0.2) is 0 Å². The van der Waals surface area contributed by atoms with Crippen LogP contribution in [0.2, 0.25) is 5.02 Å². The Morgan fingerprint density at radius 1 is 1.14 bits per heavy atom. The minimum atomic E-state index is -4.55. The highest BCUT2D eigenvalue weighted by Crippen LogP contribution is 2.40. The van der Waals surface area contributed by atoms with Crippen molar-refractivity contribution < 1.29 is 23.1 Å². The van der Waals surface area contributed by atoms with Crippen LogP contribution in [-0.4, -0.2) is 42.8 Å². The molecule has 2 N–H and O–H groups in total. The van der Waals surface area contributed by atoms with E-state index in [0.29, 0.717) is 16.6 Å². The third kappa shape index (κ3) is 4.16. The number of hydrogen-bond donors (Lipinski definition) is 2. The molecule has 1 aromatic carbocycles. The fourth-order valence-corrected chi connectivity index (χ4v) is 4.36. The summed E-state index contributed by atoms with van der Waals surface area (Å²) in [6, 6.07) is 6.28. The van der Waals surface area contributed by atoms with Gasteiger partial charge in [0, 0.05) is 18.9 Å². The number of benzene rings is 1. The third-order valence-corrected chi connectivity index (χ3v) is 6.17. The summed E-state index contributed by atoms with van der Waals surface area (Å²) < 4.78 is 39.4. The minimum Gasteiger partial charge on any atom is -0.480 e. The Kier molecular flexibility index (Phi) is 6.37. The Morgan fingerprint density at radius 2 is 1.91 bits per heavy atom. The van der Waals surface area contributed by atoms with Crippen LogP contribution >= 0.6 is 11.6 Å². The molecule has 0 aliphatic heterocycles. The molecule has 0 radical (unpaired) electrons. The smallest absolute Gasteiger partial charge is 0.416 e. The van der Waals surface area contributed by atoms with Crippen molar-refractivity contribution in [2.75, 3.05) is 11.4 Å². The summed E-state index contributed by atoms with van der Waals surface area (Å²) in [5.41, 5.74) is -1.01. The van der Waals surface area contributed by atoms with Crippen LogP contribution < -0.4 is 4.90 Å². The van der Waals surface area contributed by atoms with Gasteiger partial charge in [0.2, 0.25) is 5.95 Å². The zero-order chi connectivity index (χ0) is 25.4. The maximum Gasteiger partial charge on any atom is 0.416 e. The number of alkyl halides is 3. The first-order valence-electron chi connectivity index (χ1n) is 10.6. The molecule has 3 heterocycles. The van der Waals surface area contributed by atoms with Gasteiger partial charge in [0.05, 0.1) is 28.2 Å². The van der Waals surface area contributed by atoms with Gasteiger partial charge in [0.1, 0.15) is 16.4 Å². The van der Waals surface area contributed by atoms with Crippen molar-refractivity contribution in [3.05, 3.63) is 70.8 Å². The van der Waals surface area contributed by atoms with Gasteiger partial charge in [0.25, 0.3) is 0 Å². The van der Waals surface area contributed by atoms with Gasteiger partial charge in [-0.15, -0.1) is 0 Å². The molecule has 0 aliphatic rings. The Labute approximate surface area is 202 Å². The molecule has 12 heteroatoms. The van der Waals surface area contributed by atoms with Gasteiger partial charge in [-0.25, -0.2) is 9.97 Å². The highest BCUT2D eigenvalue weighted by molar-refractivity contribution is 6.33. The van der Waals surface area contributed by atoms with Crippen LogP contribution in [0.5, 0.6) is 0 Å². The number of aliphatic carboxylic acids is 1. The summed E-state index contributed by atoms with van der Waals surface area (Å²) >= 11 is 6.24. The topological polar surface area (TPSA) is 108 Å². The summed E-state index contributed by atoms with van der Waals surface area (Å²) in [5.74, 6) is -1.08. The molecule has 4 rings (SSSR count). The molecule has 35 heavy (non-hydrogen) atoms. The fourth-order valence-electron chi connectivity index (χ4n) is 4.08. The van der Waals surface area contributed by atoms with Crippen LogP contribution in [0.25, 0.3) is 11.0 Å². The van der Waals surface area contributed by atoms with Gasteiger partial charge in [-0.1, -0.05) is 24.6 Å². The Bertz CT molecular complexity index is 1380. The van der Waals surface area contributed by atoms with E-state index in [4.69, 9.17) is 11.6 Å². The second-order valence-electron chi connectivity index (χ2n) is 7.72. The molecule has 0 bridgehead atoms. The predicted octanol–water partition coefficient (Wildman–Crippen LogP) is 5.36. The molecular weight excluding hydrogens is 485 g/mol. The van der Waals surface area contributed by atoms with Crippen LogP contribution in [-0.2, 0) is 16.4 Å². The highest BCUT2D eigenvalue weighted by Gasteiger charge is 2.45. The molecule has 0 saturated carbocycles. The molecular formula is C23H20ClF3N6O2. The van der Waals surface area contributed by atoms with Crippen LogP contribution in [0.15, 0.2) is 48.9 Å². The first-order chi connectivity index (χ1) is 16.6. The quantitative estimate of drug-likeness (QED) is 0.349. The van der Waals surface area contributed by atoms with Crippen molar-refractivity contribution >= 4 is 40.2 Å². The van der Waals surface area contributed by atoms with Crippen molar-refractivity contribution in [3.63, 3.8) is 0 Å². The highest BCUT2D eigenvalue weighted by atomic mass is 35.5. The molecule has 0 saturated heterocycles. The molecule has 0 amide bonds. The number of hydrogen-bond acceptors (Lipinski definition) is 6. The number of carboxylic acids is 1. The molecule has 0 aliphatic carbocycles. The van der Waals surface area contributed by atoms with Crippen molar-refractivity contribution in [1.82, 2.24) is 25.1 Å². The molecule has 4 aromatic rings. The average molecular weight is 505 g/mol. The lowest BCUT2D eigenvalue weighted by Gasteiger charge is -2.30. The maximum atomic E-state index is 13.1. The Balaban J connectivity index is 1.95. The van der Waals surface area contributed by atoms with Crippen molar-refractivity contribution in [3.8, 4) is 0 Å². The van der Waals surface area contributed by atoms with Gasteiger partial charge < -0.3 is 10.0 Å². The van der Waals surface area contributed by atoms with Crippen LogP contribution in [0, 0.1) is 0 Å². The van der Waals surface area contributed by atoms with E-state index < -0.39 is 23.1 Å². The zero-order valence-electron chi connectivity index (χ0n) is 18.6. The van der Waals surface area contributed by atoms with Gasteiger partial charge in [-0.2, -0.15) is 18.3 Å². The Morgan fingerprint density at radius 3 is 2.49 bits per heavy atom. The number of aromatic amines is 1. The SMILES string of the molecule is CCN(c1nc(C(CC)(C(=O)O)c2cccnc2)c2[nH]ncc2n1)c1ccc(C(F)(F)F)cc1Cl. The van der Waals surface area contributed by atoms with Crippen molar-refractivity contribution in [2.45, 2.75) is 31.9 Å². The number of aromatic nitrogens is 5. The summed E-state index contributed by atoms with van der Waals surface area (Å²) in [5, 5.41) is 17.1. The number of halogens is 4. The van der Waals surface area contributed by atoms with E-state index in [9.17, 15) is 23.1 Å². The summed E-state index contributed by atoms with van der Waals surface area (Å²) in [6.45, 7) is 3.71. The van der Waals surface area contributed by atoms with E-state index in [1.165, 1.54) is 29.6 Å². The lowest BCUT2D eigenvalue weighted by atomic mass is 9.75. The van der Waals surface area contributed by atoms with Crippen LogP contribution in [0.4, 0.5) is 24.8 Å². The second-order valence-corrected chi connectivity index (χ2v) is 8.12. The van der Waals surface area contributed by atoms with Crippen LogP contribution in [0.3, 0.4) is 0 Å². The number of fused-ring (bicyclic) bond motifs is 1. The number of nitrogens with zero attached hydrogens (tertiary/aromatic N) is 5. The van der Waals surface area contributed by atoms with Crippen molar-refractivity contribution in [1.29, 1.82) is 0 Å². The van der Waals surface area contributed by atoms with E-state index in [1.54, 1.807) is 26.0 Å². The lowest BCUT2D eigenvalue weighted by molar-refractivity contribution is -0.142. The number of rotatable bonds is 7. The standard InChI is InChI=1S/C23H20ClF3N6O2/c1-3-22(20(34)35,14-6-5-9-28-11-14)19-18-16(12-29-32-18)30-21(31-19)33(4-2)17-8-7-13(10-15(17)24)23(25,26)27/h5-12H,3-4H2,1-2H3,(H,29,32)(H,34,35). The van der Waals surface area contributed by atoms with E-state index in [0.717, 1.165) is 12.1 Å². The first-order valence-corrected chi connectivity index (χ1v) is 11.0. The Hall–Kier alpha value is -3.73. The number of nitrogens with one attached hydrogen (secondary N) is 1. The molecule has 3 aromatic heterocycles. The number of pyridine rings is 1. The van der Waals surface area contributed by atoms with Crippen molar-refractivity contribution in [2.24, 2.45) is 0 Å². The summed E-state index contributed by atoms with van der Waals surface area (Å²) in [6.07, 6.45) is 0.00826. The average Bonchev–Trinajstić information content (AvgIpc) is 3.30. The van der Waals surface area contributed by atoms with E-state index >= 15 is 0 Å². The summed E-state index contributed by atoms with van der Waals surface area (Å²) in [4.78, 5) is 27.5. The van der Waals surface area contributed by atoms with Gasteiger partial charge in [-0.3, -0.25) is 14.9 Å². The third-order valence-electron chi connectivity index (χ3n) is 5.87. The largest absolute Gasteiger partial charge is 0.480 e. The molecule has 8 nitrogen and oxygen atoms in total. The fraction of sp³-hybridized carbons (Fsp3) is 0.261. The minimum absolute atomic E-state index is 0.0704. The normalized spacial score (nSPS) is 13.5. The van der Waals surface area contributed by atoms with Gasteiger partial charge in [-0.05, 0) is 43.2 Å². The molecule has 182 valence electrons. The van der Waals surface area contributed by atoms with E-state index in [1.807, 2.05) is 0 Å². The first kappa shape index (κ1) is 24.4. The number of carboxylic acid groups (broad SMARTS) is 1. The van der Waals surface area contributed by atoms with Gasteiger partial charge >= 0.3 is 12.1 Å². The molecule has 1 atom stereocenters. The van der Waals surface area contributed by atoms with Crippen LogP contribution in [0.1, 0.15) is 37.1 Å². The lowest BCUT2D eigenvalue weighted by Crippen LogP contribution is -2.38. The molecule has 0 fully saturated rings. The molecule has 0 spiro atoms. The predicted molar refractivity (Wildman–Crippen MR) is 124 cm³/mol. The number of H-pyrrole nitrogens is 1. The summed E-state index contributed by atoms with van der Waals surface area (Å²) in [7, 11) is 0. The number of anilines is 2. The van der Waals surface area contributed by atoms with E-state index in [2.05, 4.69) is 25.1 Å². The van der Waals surface area contributed by atoms with E-state index in [-0.39, 0.29) is 35.3 Å². The zero-order valence-corrected chi connectivity index (χ0v) is 19.4. The monoisotopic (exact) mass is 504 g/mol. The second kappa shape index (κ2) is 9.14. The number of carbonyl (C=O) groups is 1. The maximum absolute atomic E-state index is 13.1.